The van der Waals surface area contributed by atoms with E-state index >= 15 is 8.78 Å². The van der Waals surface area contributed by atoms with Crippen molar-refractivity contribution in [1.29, 1.82) is 0 Å². The van der Waals surface area contributed by atoms with E-state index in [1.807, 2.05) is 12.1 Å². The minimum atomic E-state index is -0.857. The fraction of sp³-hybridized carbons (Fsp3) is 0.267. The van der Waals surface area contributed by atoms with Gasteiger partial charge in [0.15, 0.2) is 29.0 Å². The van der Waals surface area contributed by atoms with Crippen molar-refractivity contribution in [3.05, 3.63) is 82.6 Å². The van der Waals surface area contributed by atoms with Crippen LogP contribution in [0.3, 0.4) is 0 Å². The van der Waals surface area contributed by atoms with Crippen LogP contribution in [0.15, 0.2) is 48.6 Å². The summed E-state index contributed by atoms with van der Waals surface area (Å²) in [6.45, 7) is 6.09. The molecular weight excluding hydrogens is 516 g/mol. The summed E-state index contributed by atoms with van der Waals surface area (Å²) in [6, 6.07) is 9.38. The van der Waals surface area contributed by atoms with Gasteiger partial charge in [-0.25, -0.2) is 8.78 Å². The molecule has 2 aromatic carbocycles. The number of nitrogens with zero attached hydrogens (tertiary/aromatic N) is 2. The summed E-state index contributed by atoms with van der Waals surface area (Å²) in [6.07, 6.45) is 8.24. The van der Waals surface area contributed by atoms with Crippen LogP contribution in [-0.4, -0.2) is 55.5 Å². The Labute approximate surface area is 231 Å². The Morgan fingerprint density at radius 2 is 1.62 bits per heavy atom. The summed E-state index contributed by atoms with van der Waals surface area (Å²) in [7, 11) is 2.60. The second-order valence-corrected chi connectivity index (χ2v) is 9.88. The number of halogens is 2. The molecule has 1 aromatic heterocycles. The SMILES string of the molecule is COc1cc(OC)c(F)c(C2=C\c3[nH]nc(NC(=O)c4ccc(N5C[C@@H](C)N[C@@H](C)C5)cc4)c3\C=C/C=C/2)c1F. The molecule has 1 amide bonds. The molecule has 0 unspecified atom stereocenters. The number of fused-ring (bicyclic) bond motifs is 1. The number of carbonyl (C=O) groups excluding carboxylic acids is 1. The quantitative estimate of drug-likeness (QED) is 0.390. The standard InChI is InChI=1S/C30H31F2N5O3/c1-17-15-37(16-18(2)33-17)21-11-9-19(10-12-21)30(38)34-29-22-8-6-5-7-20(13-23(22)35-36-29)26-27(31)24(39-3)14-25(40-4)28(26)32/h5-14,17-18,33H,15-16H2,1-4H3,(H2,34,35,36,38)/t17-,18+. The first-order valence-electron chi connectivity index (χ1n) is 13.0. The first kappa shape index (κ1) is 27.1. The number of carbonyl (C=O) groups is 1. The highest BCUT2D eigenvalue weighted by Gasteiger charge is 2.24. The van der Waals surface area contributed by atoms with Crippen LogP contribution < -0.4 is 25.0 Å². The largest absolute Gasteiger partial charge is 0.494 e. The van der Waals surface area contributed by atoms with E-state index in [4.69, 9.17) is 9.47 Å². The molecule has 3 N–H and O–H groups in total. The number of amides is 1. The van der Waals surface area contributed by atoms with Crippen LogP contribution in [0, 0.1) is 11.6 Å². The van der Waals surface area contributed by atoms with Crippen molar-refractivity contribution < 1.29 is 23.0 Å². The molecule has 1 saturated heterocycles. The number of H-pyrrole nitrogens is 1. The van der Waals surface area contributed by atoms with E-state index in [1.165, 1.54) is 14.2 Å². The van der Waals surface area contributed by atoms with E-state index in [1.54, 1.807) is 42.5 Å². The van der Waals surface area contributed by atoms with Crippen LogP contribution in [-0.2, 0) is 0 Å². The molecule has 10 heteroatoms. The van der Waals surface area contributed by atoms with Gasteiger partial charge < -0.3 is 25.0 Å². The predicted octanol–water partition coefficient (Wildman–Crippen LogP) is 5.27. The molecule has 0 saturated carbocycles. The first-order chi connectivity index (χ1) is 19.3. The maximum absolute atomic E-state index is 15.2. The lowest BCUT2D eigenvalue weighted by Crippen LogP contribution is -2.54. The number of hydrogen-bond acceptors (Lipinski definition) is 6. The molecule has 5 rings (SSSR count). The van der Waals surface area contributed by atoms with E-state index in [-0.39, 0.29) is 28.5 Å². The highest BCUT2D eigenvalue weighted by Crippen LogP contribution is 2.37. The average molecular weight is 548 g/mol. The van der Waals surface area contributed by atoms with Crippen LogP contribution in [0.25, 0.3) is 17.7 Å². The van der Waals surface area contributed by atoms with Crippen LogP contribution in [0.1, 0.15) is 41.0 Å². The van der Waals surface area contributed by atoms with Crippen molar-refractivity contribution in [2.75, 3.05) is 37.5 Å². The van der Waals surface area contributed by atoms with Crippen molar-refractivity contribution in [1.82, 2.24) is 15.5 Å². The number of benzene rings is 2. The minimum absolute atomic E-state index is 0.148. The molecule has 40 heavy (non-hydrogen) atoms. The normalized spacial score (nSPS) is 21.4. The van der Waals surface area contributed by atoms with Crippen LogP contribution in [0.2, 0.25) is 0 Å². The molecule has 1 aliphatic heterocycles. The van der Waals surface area contributed by atoms with Gasteiger partial charge in [0.1, 0.15) is 0 Å². The number of aromatic amines is 1. The number of aromatic nitrogens is 2. The van der Waals surface area contributed by atoms with Gasteiger partial charge in [-0.1, -0.05) is 18.2 Å². The Morgan fingerprint density at radius 1 is 1.00 bits per heavy atom. The highest BCUT2D eigenvalue weighted by molar-refractivity contribution is 6.05. The fourth-order valence-electron chi connectivity index (χ4n) is 5.09. The number of anilines is 2. The maximum atomic E-state index is 15.2. The van der Waals surface area contributed by atoms with Crippen molar-refractivity contribution in [2.24, 2.45) is 0 Å². The zero-order valence-corrected chi connectivity index (χ0v) is 22.7. The van der Waals surface area contributed by atoms with E-state index < -0.39 is 11.6 Å². The zero-order valence-electron chi connectivity index (χ0n) is 22.7. The molecule has 0 spiro atoms. The van der Waals surface area contributed by atoms with E-state index in [2.05, 4.69) is 39.6 Å². The zero-order chi connectivity index (χ0) is 28.4. The topological polar surface area (TPSA) is 91.5 Å². The van der Waals surface area contributed by atoms with Crippen LogP contribution >= 0.6 is 0 Å². The minimum Gasteiger partial charge on any atom is -0.494 e. The fourth-order valence-corrected chi connectivity index (χ4v) is 5.09. The summed E-state index contributed by atoms with van der Waals surface area (Å²) >= 11 is 0. The third-order valence-electron chi connectivity index (χ3n) is 6.93. The molecular formula is C30H31F2N5O3. The third kappa shape index (κ3) is 5.35. The second kappa shape index (κ2) is 11.4. The van der Waals surface area contributed by atoms with Gasteiger partial charge in [0.05, 0.1) is 25.5 Å². The molecule has 2 heterocycles. The Kier molecular flexibility index (Phi) is 7.70. The lowest BCUT2D eigenvalue weighted by Gasteiger charge is -2.37. The van der Waals surface area contributed by atoms with Crippen molar-refractivity contribution in [2.45, 2.75) is 25.9 Å². The van der Waals surface area contributed by atoms with Crippen LogP contribution in [0.5, 0.6) is 11.5 Å². The van der Waals surface area contributed by atoms with Gasteiger partial charge in [0, 0.05) is 48.1 Å². The molecule has 1 fully saturated rings. The Balaban J connectivity index is 1.40. The summed E-state index contributed by atoms with van der Waals surface area (Å²) in [5, 5.41) is 13.5. The van der Waals surface area contributed by atoms with Gasteiger partial charge in [-0.05, 0) is 55.8 Å². The molecule has 2 aliphatic rings. The van der Waals surface area contributed by atoms with Gasteiger partial charge in [0.25, 0.3) is 5.91 Å². The smallest absolute Gasteiger partial charge is 0.256 e. The maximum Gasteiger partial charge on any atom is 0.256 e. The van der Waals surface area contributed by atoms with Gasteiger partial charge in [-0.3, -0.25) is 9.89 Å². The second-order valence-electron chi connectivity index (χ2n) is 9.88. The molecule has 1 aliphatic carbocycles. The Bertz CT molecular complexity index is 1470. The lowest BCUT2D eigenvalue weighted by molar-refractivity contribution is 0.102. The number of nitrogens with one attached hydrogen (secondary N) is 3. The molecule has 3 aromatic rings. The summed E-state index contributed by atoms with van der Waals surface area (Å²) < 4.78 is 40.5. The van der Waals surface area contributed by atoms with Crippen molar-refractivity contribution in [3.63, 3.8) is 0 Å². The predicted molar refractivity (Wildman–Crippen MR) is 153 cm³/mol. The van der Waals surface area contributed by atoms with Crippen molar-refractivity contribution >= 4 is 35.1 Å². The first-order valence-corrected chi connectivity index (χ1v) is 13.0. The Hall–Kier alpha value is -4.44. The molecule has 8 nitrogen and oxygen atoms in total. The third-order valence-corrected chi connectivity index (χ3v) is 6.93. The van der Waals surface area contributed by atoms with Gasteiger partial charge in [-0.15, -0.1) is 0 Å². The van der Waals surface area contributed by atoms with Crippen molar-refractivity contribution in [3.8, 4) is 11.5 Å². The van der Waals surface area contributed by atoms with E-state index in [9.17, 15) is 4.79 Å². The number of hydrogen-bond donors (Lipinski definition) is 3. The molecule has 0 radical (unpaired) electrons. The number of ether oxygens (including phenoxy) is 2. The van der Waals surface area contributed by atoms with Gasteiger partial charge in [-0.2, -0.15) is 5.10 Å². The Morgan fingerprint density at radius 3 is 2.25 bits per heavy atom. The number of methoxy groups -OCH3 is 2. The molecule has 2 atom stereocenters. The van der Waals surface area contributed by atoms with Gasteiger partial charge in [0.2, 0.25) is 0 Å². The highest BCUT2D eigenvalue weighted by atomic mass is 19.1. The van der Waals surface area contributed by atoms with Crippen LogP contribution in [0.4, 0.5) is 20.3 Å². The summed E-state index contributed by atoms with van der Waals surface area (Å²) in [4.78, 5) is 15.4. The van der Waals surface area contributed by atoms with E-state index in [0.29, 0.717) is 34.7 Å². The number of piperazine rings is 1. The number of allylic oxidation sites excluding steroid dienone is 4. The number of rotatable bonds is 6. The lowest BCUT2D eigenvalue weighted by atomic mass is 9.99. The summed E-state index contributed by atoms with van der Waals surface area (Å²) in [5.74, 6) is -2.05. The van der Waals surface area contributed by atoms with Gasteiger partial charge >= 0.3 is 0 Å². The molecule has 0 bridgehead atoms. The monoisotopic (exact) mass is 547 g/mol. The molecule has 208 valence electrons. The van der Waals surface area contributed by atoms with E-state index in [0.717, 1.165) is 24.8 Å². The average Bonchev–Trinajstić information content (AvgIpc) is 3.28. The summed E-state index contributed by atoms with van der Waals surface area (Å²) in [5.41, 5.74) is 2.49.